The van der Waals surface area contributed by atoms with E-state index in [2.05, 4.69) is 26.2 Å². The SMILES string of the molecule is COC(=O)[C@H](Cc1ccc(-c2c(C(F)(F)F)c3cc(Br)ccc3n(C)c2=O)c2cccnc12)NC(=O)c1c(Cl)cccc1Cl. The Labute approximate surface area is 266 Å². The summed E-state index contributed by atoms with van der Waals surface area (Å²) in [7, 11) is 2.56. The molecule has 2 aromatic heterocycles. The van der Waals surface area contributed by atoms with Gasteiger partial charge in [0.1, 0.15) is 6.04 Å². The molecule has 3 aromatic carbocycles. The van der Waals surface area contributed by atoms with Crippen LogP contribution in [0.1, 0.15) is 21.5 Å². The minimum absolute atomic E-state index is 0.00755. The molecular formula is C31H21BrCl2F3N3O4. The molecule has 5 rings (SSSR count). The molecule has 0 radical (unpaired) electrons. The third kappa shape index (κ3) is 5.79. The van der Waals surface area contributed by atoms with Gasteiger partial charge < -0.3 is 14.6 Å². The first kappa shape index (κ1) is 31.5. The summed E-state index contributed by atoms with van der Waals surface area (Å²) in [6, 6.07) is 13.5. The van der Waals surface area contributed by atoms with Crippen LogP contribution in [0.2, 0.25) is 10.0 Å². The number of amides is 1. The van der Waals surface area contributed by atoms with E-state index >= 15 is 0 Å². The summed E-state index contributed by atoms with van der Waals surface area (Å²) in [5.41, 5.74) is -1.75. The van der Waals surface area contributed by atoms with Gasteiger partial charge in [0, 0.05) is 34.9 Å². The van der Waals surface area contributed by atoms with E-state index in [0.29, 0.717) is 10.0 Å². The fourth-order valence-electron chi connectivity index (χ4n) is 5.18. The molecule has 1 atom stereocenters. The monoisotopic (exact) mass is 705 g/mol. The first-order chi connectivity index (χ1) is 20.8. The minimum Gasteiger partial charge on any atom is -0.467 e. The molecule has 0 aliphatic carbocycles. The number of halogens is 6. The number of aromatic nitrogens is 2. The van der Waals surface area contributed by atoms with Crippen LogP contribution in [0.5, 0.6) is 0 Å². The number of hydrogen-bond donors (Lipinski definition) is 1. The fourth-order valence-corrected chi connectivity index (χ4v) is 6.11. The standard InChI is InChI=1S/C31H21BrCl2F3N3O4/c1-40-23-11-9-16(32)14-19(23)26(31(35,36)37)24(29(40)42)17-10-8-15(27-18(17)5-4-12-38-27)13-22(30(43)44-2)39-28(41)25-20(33)6-3-7-21(25)34/h3-12,14,22H,13H2,1-2H3,(H,39,41)/t22-/m0/s1. The molecule has 0 bridgehead atoms. The van der Waals surface area contributed by atoms with E-state index in [1.54, 1.807) is 18.2 Å². The molecule has 0 fully saturated rings. The maximum atomic E-state index is 14.7. The topological polar surface area (TPSA) is 90.3 Å². The van der Waals surface area contributed by atoms with Crippen LogP contribution >= 0.6 is 39.1 Å². The van der Waals surface area contributed by atoms with Gasteiger partial charge >= 0.3 is 12.1 Å². The summed E-state index contributed by atoms with van der Waals surface area (Å²) in [6.45, 7) is 0. The summed E-state index contributed by atoms with van der Waals surface area (Å²) < 4.78 is 50.6. The van der Waals surface area contributed by atoms with E-state index in [1.807, 2.05) is 0 Å². The van der Waals surface area contributed by atoms with Gasteiger partial charge in [-0.05, 0) is 47.5 Å². The number of nitrogens with zero attached hydrogens (tertiary/aromatic N) is 2. The maximum Gasteiger partial charge on any atom is 0.417 e. The van der Waals surface area contributed by atoms with Crippen molar-refractivity contribution in [2.75, 3.05) is 7.11 Å². The Kier molecular flexibility index (Phi) is 8.75. The van der Waals surface area contributed by atoms with Crippen molar-refractivity contribution in [2.45, 2.75) is 18.6 Å². The third-order valence-corrected chi connectivity index (χ3v) is 8.29. The number of alkyl halides is 3. The molecule has 7 nitrogen and oxygen atoms in total. The zero-order valence-electron chi connectivity index (χ0n) is 22.9. The highest BCUT2D eigenvalue weighted by Crippen LogP contribution is 2.42. The van der Waals surface area contributed by atoms with Gasteiger partial charge in [-0.1, -0.05) is 63.4 Å². The number of hydrogen-bond acceptors (Lipinski definition) is 5. The zero-order valence-corrected chi connectivity index (χ0v) is 26.0. The van der Waals surface area contributed by atoms with Crippen LogP contribution in [0.15, 0.2) is 76.1 Å². The van der Waals surface area contributed by atoms with Crippen LogP contribution < -0.4 is 10.9 Å². The number of aryl methyl sites for hydroxylation is 1. The normalized spacial score (nSPS) is 12.4. The van der Waals surface area contributed by atoms with Gasteiger partial charge in [0.25, 0.3) is 11.5 Å². The van der Waals surface area contributed by atoms with Crippen molar-refractivity contribution in [3.8, 4) is 11.1 Å². The minimum atomic E-state index is -4.88. The molecule has 0 saturated heterocycles. The highest BCUT2D eigenvalue weighted by atomic mass is 79.9. The molecule has 226 valence electrons. The summed E-state index contributed by atoms with van der Waals surface area (Å²) in [6.07, 6.45) is -3.59. The molecule has 44 heavy (non-hydrogen) atoms. The van der Waals surface area contributed by atoms with Crippen molar-refractivity contribution in [2.24, 2.45) is 7.05 Å². The Morgan fingerprint density at radius 3 is 2.41 bits per heavy atom. The van der Waals surface area contributed by atoms with Crippen molar-refractivity contribution in [1.29, 1.82) is 0 Å². The van der Waals surface area contributed by atoms with E-state index in [9.17, 15) is 27.6 Å². The molecule has 0 aliphatic heterocycles. The predicted molar refractivity (Wildman–Crippen MR) is 166 cm³/mol. The fraction of sp³-hybridized carbons (Fsp3) is 0.161. The van der Waals surface area contributed by atoms with Crippen LogP contribution in [0, 0.1) is 0 Å². The number of ether oxygens (including phenoxy) is 1. The van der Waals surface area contributed by atoms with E-state index in [0.717, 1.165) is 7.11 Å². The van der Waals surface area contributed by atoms with Crippen molar-refractivity contribution in [3.05, 3.63) is 108 Å². The van der Waals surface area contributed by atoms with E-state index in [1.165, 1.54) is 60.3 Å². The quantitative estimate of drug-likeness (QED) is 0.187. The highest BCUT2D eigenvalue weighted by Gasteiger charge is 2.39. The van der Waals surface area contributed by atoms with Gasteiger partial charge in [0.05, 0.1) is 44.9 Å². The summed E-state index contributed by atoms with van der Waals surface area (Å²) >= 11 is 15.6. The largest absolute Gasteiger partial charge is 0.467 e. The Morgan fingerprint density at radius 2 is 1.75 bits per heavy atom. The van der Waals surface area contributed by atoms with E-state index < -0.39 is 40.8 Å². The molecule has 2 heterocycles. The number of carbonyl (C=O) groups excluding carboxylic acids is 2. The lowest BCUT2D eigenvalue weighted by atomic mass is 9.91. The first-order valence-electron chi connectivity index (χ1n) is 12.9. The van der Waals surface area contributed by atoms with Gasteiger partial charge in [-0.15, -0.1) is 0 Å². The number of pyridine rings is 2. The smallest absolute Gasteiger partial charge is 0.417 e. The summed E-state index contributed by atoms with van der Waals surface area (Å²) in [4.78, 5) is 43.8. The van der Waals surface area contributed by atoms with Gasteiger partial charge in [-0.25, -0.2) is 4.79 Å². The second-order valence-electron chi connectivity index (χ2n) is 9.80. The lowest BCUT2D eigenvalue weighted by molar-refractivity contribution is -0.142. The van der Waals surface area contributed by atoms with E-state index in [4.69, 9.17) is 27.9 Å². The van der Waals surface area contributed by atoms with Crippen molar-refractivity contribution in [1.82, 2.24) is 14.9 Å². The number of carbonyl (C=O) groups is 2. The number of methoxy groups -OCH3 is 1. The van der Waals surface area contributed by atoms with Gasteiger partial charge in [-0.3, -0.25) is 14.6 Å². The van der Waals surface area contributed by atoms with Crippen LogP contribution in [0.3, 0.4) is 0 Å². The average molecular weight is 707 g/mol. The maximum absolute atomic E-state index is 14.7. The average Bonchev–Trinajstić information content (AvgIpc) is 2.97. The Morgan fingerprint density at radius 1 is 1.05 bits per heavy atom. The predicted octanol–water partition coefficient (Wildman–Crippen LogP) is 7.36. The summed E-state index contributed by atoms with van der Waals surface area (Å²) in [5, 5.41) is 2.80. The second kappa shape index (κ2) is 12.2. The van der Waals surface area contributed by atoms with Crippen LogP contribution in [0.25, 0.3) is 32.9 Å². The molecule has 1 amide bonds. The molecule has 5 aromatic rings. The number of benzene rings is 3. The molecule has 0 saturated carbocycles. The Hall–Kier alpha value is -3.93. The second-order valence-corrected chi connectivity index (χ2v) is 11.5. The lowest BCUT2D eigenvalue weighted by Crippen LogP contribution is -2.43. The first-order valence-corrected chi connectivity index (χ1v) is 14.5. The Balaban J connectivity index is 1.67. The number of nitrogens with one attached hydrogen (secondary N) is 1. The van der Waals surface area contributed by atoms with Gasteiger partial charge in [0.2, 0.25) is 0 Å². The molecule has 0 aliphatic rings. The van der Waals surface area contributed by atoms with Crippen molar-refractivity contribution >= 4 is 72.8 Å². The molecular weight excluding hydrogens is 686 g/mol. The Bertz CT molecular complexity index is 2010. The number of rotatable bonds is 6. The van der Waals surface area contributed by atoms with Crippen LogP contribution in [0.4, 0.5) is 13.2 Å². The van der Waals surface area contributed by atoms with Gasteiger partial charge in [-0.2, -0.15) is 13.2 Å². The molecule has 0 spiro atoms. The lowest BCUT2D eigenvalue weighted by Gasteiger charge is -2.21. The van der Waals surface area contributed by atoms with Crippen molar-refractivity contribution in [3.63, 3.8) is 0 Å². The van der Waals surface area contributed by atoms with Gasteiger partial charge in [0.15, 0.2) is 0 Å². The summed E-state index contributed by atoms with van der Waals surface area (Å²) in [5.74, 6) is -1.52. The zero-order chi connectivity index (χ0) is 31.9. The van der Waals surface area contributed by atoms with Crippen LogP contribution in [-0.2, 0) is 29.2 Å². The van der Waals surface area contributed by atoms with Crippen LogP contribution in [-0.4, -0.2) is 34.6 Å². The van der Waals surface area contributed by atoms with Crippen molar-refractivity contribution < 1.29 is 27.5 Å². The molecule has 1 N–H and O–H groups in total. The molecule has 0 unspecified atom stereocenters. The third-order valence-electron chi connectivity index (χ3n) is 7.17. The molecule has 13 heteroatoms. The van der Waals surface area contributed by atoms with E-state index in [-0.39, 0.29) is 49.4 Å². The highest BCUT2D eigenvalue weighted by molar-refractivity contribution is 9.10. The number of esters is 1. The number of fused-ring (bicyclic) bond motifs is 2.